The van der Waals surface area contributed by atoms with E-state index in [-0.39, 0.29) is 32.7 Å². The van der Waals surface area contributed by atoms with E-state index in [4.69, 9.17) is 18.9 Å². The lowest BCUT2D eigenvalue weighted by molar-refractivity contribution is -0.870. The van der Waals surface area contributed by atoms with Crippen molar-refractivity contribution in [2.75, 3.05) is 47.5 Å². The highest BCUT2D eigenvalue weighted by atomic mass is 16.7. The van der Waals surface area contributed by atoms with E-state index in [1.165, 1.54) is 25.7 Å². The summed E-state index contributed by atoms with van der Waals surface area (Å²) in [6, 6.07) is 0. The molecule has 0 fully saturated rings. The van der Waals surface area contributed by atoms with E-state index in [1.54, 1.807) is 0 Å². The molecule has 324 valence electrons. The van der Waals surface area contributed by atoms with Crippen LogP contribution >= 0.6 is 0 Å². The monoisotopic (exact) mass is 798 g/mol. The van der Waals surface area contributed by atoms with Gasteiger partial charge >= 0.3 is 11.9 Å². The molecule has 0 N–H and O–H groups in total. The summed E-state index contributed by atoms with van der Waals surface area (Å²) in [5.41, 5.74) is 0. The van der Waals surface area contributed by atoms with Crippen LogP contribution in [0.1, 0.15) is 142 Å². The number of quaternary nitrogens is 1. The molecule has 0 aliphatic rings. The Morgan fingerprint density at radius 1 is 0.544 bits per heavy atom. The van der Waals surface area contributed by atoms with Crippen LogP contribution in [-0.2, 0) is 33.3 Å². The summed E-state index contributed by atoms with van der Waals surface area (Å²) in [6.07, 6.45) is 46.2. The minimum absolute atomic E-state index is 0.130. The fraction of sp³-hybridized carbons (Fsp3) is 0.646. The van der Waals surface area contributed by atoms with Gasteiger partial charge in [0.1, 0.15) is 13.2 Å². The largest absolute Gasteiger partial charge is 0.545 e. The molecule has 0 amide bonds. The lowest BCUT2D eigenvalue weighted by Crippen LogP contribution is -2.44. The molecule has 57 heavy (non-hydrogen) atoms. The third kappa shape index (κ3) is 40.5. The van der Waals surface area contributed by atoms with Crippen LogP contribution in [0, 0.1) is 0 Å². The second-order valence-corrected chi connectivity index (χ2v) is 15.2. The van der Waals surface area contributed by atoms with Crippen LogP contribution in [0.4, 0.5) is 0 Å². The number of carbonyl (C=O) groups excluding carboxylic acids is 3. The molecule has 0 heterocycles. The van der Waals surface area contributed by atoms with Gasteiger partial charge in [-0.1, -0.05) is 131 Å². The predicted molar refractivity (Wildman–Crippen MR) is 232 cm³/mol. The Kier molecular flexibility index (Phi) is 36.9. The van der Waals surface area contributed by atoms with Gasteiger partial charge in [-0.3, -0.25) is 9.59 Å². The number of hydrogen-bond donors (Lipinski definition) is 0. The molecule has 0 aromatic carbocycles. The Morgan fingerprint density at radius 3 is 1.54 bits per heavy atom. The van der Waals surface area contributed by atoms with Gasteiger partial charge in [-0.2, -0.15) is 0 Å². The first-order valence-electron chi connectivity index (χ1n) is 21.7. The molecule has 0 rings (SSSR count). The Labute approximate surface area is 347 Å². The van der Waals surface area contributed by atoms with E-state index in [0.29, 0.717) is 30.3 Å². The van der Waals surface area contributed by atoms with Crippen LogP contribution in [0.25, 0.3) is 0 Å². The van der Waals surface area contributed by atoms with Crippen LogP contribution < -0.4 is 5.11 Å². The Morgan fingerprint density at radius 2 is 1.02 bits per heavy atom. The average molecular weight is 798 g/mol. The lowest BCUT2D eigenvalue weighted by atomic mass is 10.1. The van der Waals surface area contributed by atoms with Crippen LogP contribution in [0.2, 0.25) is 0 Å². The quantitative estimate of drug-likeness (QED) is 0.0200. The van der Waals surface area contributed by atoms with Crippen molar-refractivity contribution >= 4 is 17.9 Å². The number of nitrogens with zero attached hydrogens (tertiary/aromatic N) is 1. The number of hydrogen-bond acceptors (Lipinski definition) is 8. The maximum Gasteiger partial charge on any atom is 0.306 e. The summed E-state index contributed by atoms with van der Waals surface area (Å²) in [6.45, 7) is 4.48. The Hall–Kier alpha value is -3.53. The molecule has 0 spiro atoms. The highest BCUT2D eigenvalue weighted by Crippen LogP contribution is 2.11. The van der Waals surface area contributed by atoms with Gasteiger partial charge in [0, 0.05) is 12.8 Å². The average Bonchev–Trinajstić information content (AvgIpc) is 3.17. The summed E-state index contributed by atoms with van der Waals surface area (Å²) in [5, 5.41) is 11.7. The topological polar surface area (TPSA) is 111 Å². The Balaban J connectivity index is 4.61. The molecule has 0 saturated heterocycles. The van der Waals surface area contributed by atoms with Crippen molar-refractivity contribution in [2.45, 2.75) is 155 Å². The third-order valence-electron chi connectivity index (χ3n) is 8.63. The molecule has 0 aliphatic carbocycles. The second kappa shape index (κ2) is 39.3. The highest BCUT2D eigenvalue weighted by molar-refractivity contribution is 5.70. The van der Waals surface area contributed by atoms with Crippen LogP contribution in [0.5, 0.6) is 0 Å². The van der Waals surface area contributed by atoms with Gasteiger partial charge in [0.15, 0.2) is 12.4 Å². The maximum atomic E-state index is 12.7. The van der Waals surface area contributed by atoms with E-state index in [0.717, 1.165) is 70.6 Å². The third-order valence-corrected chi connectivity index (χ3v) is 8.63. The fourth-order valence-electron chi connectivity index (χ4n) is 5.25. The molecule has 0 bridgehead atoms. The SMILES string of the molecule is CC/C=C\C/C=C\C/C=C\C/C=C\C/C=C\CCCC(=O)OC(COC(=O)CCCCCCC/C=C\C/C=C\CCCCC)COC(OCC[N+](C)(C)C)C(=O)[O-]. The summed E-state index contributed by atoms with van der Waals surface area (Å²) in [7, 11) is 5.87. The van der Waals surface area contributed by atoms with Crippen molar-refractivity contribution in [3.8, 4) is 0 Å². The molecule has 9 nitrogen and oxygen atoms in total. The number of ether oxygens (including phenoxy) is 4. The van der Waals surface area contributed by atoms with E-state index in [2.05, 4.69) is 92.8 Å². The van der Waals surface area contributed by atoms with Gasteiger partial charge in [-0.25, -0.2) is 0 Å². The first kappa shape index (κ1) is 53.5. The fourth-order valence-corrected chi connectivity index (χ4v) is 5.25. The number of aliphatic carboxylic acids is 1. The van der Waals surface area contributed by atoms with Crippen molar-refractivity contribution in [1.82, 2.24) is 0 Å². The highest BCUT2D eigenvalue weighted by Gasteiger charge is 2.21. The van der Waals surface area contributed by atoms with Crippen LogP contribution in [-0.4, -0.2) is 82.3 Å². The molecule has 2 atom stereocenters. The molecule has 0 radical (unpaired) electrons. The van der Waals surface area contributed by atoms with Gasteiger partial charge in [-0.05, 0) is 83.5 Å². The number of esters is 2. The number of unbranched alkanes of at least 4 members (excludes halogenated alkanes) is 9. The smallest absolute Gasteiger partial charge is 0.306 e. The van der Waals surface area contributed by atoms with Gasteiger partial charge in [0.25, 0.3) is 0 Å². The van der Waals surface area contributed by atoms with E-state index >= 15 is 0 Å². The van der Waals surface area contributed by atoms with Gasteiger partial charge < -0.3 is 33.3 Å². The number of carbonyl (C=O) groups is 3. The zero-order valence-electron chi connectivity index (χ0n) is 36.4. The van der Waals surface area contributed by atoms with Gasteiger partial charge in [0.2, 0.25) is 0 Å². The van der Waals surface area contributed by atoms with Crippen molar-refractivity contribution in [1.29, 1.82) is 0 Å². The number of rotatable bonds is 38. The molecule has 0 saturated carbocycles. The van der Waals surface area contributed by atoms with Crippen LogP contribution in [0.15, 0.2) is 85.1 Å². The number of likely N-dealkylation sites (N-methyl/N-ethyl adjacent to an activating group) is 1. The van der Waals surface area contributed by atoms with Gasteiger partial charge in [-0.15, -0.1) is 0 Å². The molecule has 0 aromatic heterocycles. The summed E-state index contributed by atoms with van der Waals surface area (Å²) in [5.74, 6) is -2.40. The lowest BCUT2D eigenvalue weighted by Gasteiger charge is -2.26. The summed E-state index contributed by atoms with van der Waals surface area (Å²) < 4.78 is 22.4. The van der Waals surface area contributed by atoms with Crippen molar-refractivity contribution in [3.63, 3.8) is 0 Å². The summed E-state index contributed by atoms with van der Waals surface area (Å²) >= 11 is 0. The van der Waals surface area contributed by atoms with Crippen LogP contribution in [0.3, 0.4) is 0 Å². The normalized spacial score (nSPS) is 13.8. The number of allylic oxidation sites excluding steroid dienone is 14. The summed E-state index contributed by atoms with van der Waals surface area (Å²) in [4.78, 5) is 36.9. The molecule has 0 aliphatic heterocycles. The minimum atomic E-state index is -1.64. The van der Waals surface area contributed by atoms with E-state index < -0.39 is 30.3 Å². The number of carboxylic acids is 1. The Bertz CT molecular complexity index is 1210. The standard InChI is InChI=1S/C48H79NO8/c1-6-8-10-12-14-16-18-20-22-23-25-27-29-31-33-35-37-39-46(51)57-44(43-56-48(47(52)53)54-41-40-49(3,4)5)42-55-45(50)38-36-34-32-30-28-26-24-21-19-17-15-13-11-9-7-2/h8,10,14-17,20-22,24-25,27,31,33,44,48H,6-7,9,11-13,18-19,23,26,28-30,32,34-43H2,1-5H3/b10-8-,16-14-,17-15-,22-20-,24-21-,27-25-,33-31-. The minimum Gasteiger partial charge on any atom is -0.545 e. The molecule has 0 aromatic rings. The molecular formula is C48H79NO8. The molecule has 9 heteroatoms. The number of carboxylic acid groups (broad SMARTS) is 1. The zero-order chi connectivity index (χ0) is 42.1. The molecular weight excluding hydrogens is 719 g/mol. The predicted octanol–water partition coefficient (Wildman–Crippen LogP) is 9.99. The first-order chi connectivity index (χ1) is 27.6. The van der Waals surface area contributed by atoms with Gasteiger partial charge in [0.05, 0.1) is 40.3 Å². The molecule has 2 unspecified atom stereocenters. The second-order valence-electron chi connectivity index (χ2n) is 15.2. The van der Waals surface area contributed by atoms with Crippen molar-refractivity contribution in [2.24, 2.45) is 0 Å². The first-order valence-corrected chi connectivity index (χ1v) is 21.7. The van der Waals surface area contributed by atoms with Crippen molar-refractivity contribution < 1.29 is 42.9 Å². The maximum absolute atomic E-state index is 12.7. The zero-order valence-corrected chi connectivity index (χ0v) is 36.4. The van der Waals surface area contributed by atoms with Crippen molar-refractivity contribution in [3.05, 3.63) is 85.1 Å². The van der Waals surface area contributed by atoms with E-state index in [9.17, 15) is 19.5 Å². The van der Waals surface area contributed by atoms with E-state index in [1.807, 2.05) is 27.2 Å².